The summed E-state index contributed by atoms with van der Waals surface area (Å²) in [5.41, 5.74) is 4.06. The highest BCUT2D eigenvalue weighted by molar-refractivity contribution is 6.31. The molecular formula is C14H13ClF2N2. The molecule has 19 heavy (non-hydrogen) atoms. The Labute approximate surface area is 115 Å². The fourth-order valence-corrected chi connectivity index (χ4v) is 2.15. The number of nitrogens with two attached hydrogens (primary N) is 1. The molecule has 0 spiro atoms. The van der Waals surface area contributed by atoms with Crippen molar-refractivity contribution in [1.82, 2.24) is 5.43 Å². The maximum Gasteiger partial charge on any atom is 0.123 e. The van der Waals surface area contributed by atoms with Crippen LogP contribution in [0.2, 0.25) is 5.02 Å². The number of rotatable bonds is 4. The third kappa shape index (κ3) is 3.50. The highest BCUT2D eigenvalue weighted by atomic mass is 35.5. The second-order valence-corrected chi connectivity index (χ2v) is 4.62. The van der Waals surface area contributed by atoms with Crippen molar-refractivity contribution in [2.75, 3.05) is 0 Å². The Morgan fingerprint density at radius 3 is 2.32 bits per heavy atom. The molecule has 2 aromatic carbocycles. The van der Waals surface area contributed by atoms with Crippen molar-refractivity contribution in [2.24, 2.45) is 5.84 Å². The predicted octanol–water partition coefficient (Wildman–Crippen LogP) is 3.37. The van der Waals surface area contributed by atoms with Crippen LogP contribution < -0.4 is 11.3 Å². The zero-order valence-corrected chi connectivity index (χ0v) is 10.8. The van der Waals surface area contributed by atoms with E-state index in [1.807, 2.05) is 0 Å². The van der Waals surface area contributed by atoms with E-state index in [-0.39, 0.29) is 17.7 Å². The van der Waals surface area contributed by atoms with Crippen LogP contribution in [0.5, 0.6) is 0 Å². The van der Waals surface area contributed by atoms with Crippen LogP contribution in [-0.4, -0.2) is 0 Å². The van der Waals surface area contributed by atoms with Gasteiger partial charge in [-0.25, -0.2) is 8.78 Å². The number of hydrazine groups is 1. The number of benzene rings is 2. The second kappa shape index (κ2) is 6.10. The molecule has 0 saturated carbocycles. The van der Waals surface area contributed by atoms with Gasteiger partial charge >= 0.3 is 0 Å². The van der Waals surface area contributed by atoms with Crippen LogP contribution in [0.1, 0.15) is 17.2 Å². The molecule has 0 aliphatic rings. The van der Waals surface area contributed by atoms with E-state index < -0.39 is 0 Å². The average molecular weight is 283 g/mol. The minimum Gasteiger partial charge on any atom is -0.271 e. The van der Waals surface area contributed by atoms with Crippen molar-refractivity contribution in [3.63, 3.8) is 0 Å². The number of hydrogen-bond acceptors (Lipinski definition) is 2. The molecule has 0 bridgehead atoms. The maximum absolute atomic E-state index is 13.3. The van der Waals surface area contributed by atoms with Gasteiger partial charge in [0.2, 0.25) is 0 Å². The molecule has 0 aliphatic heterocycles. The average Bonchev–Trinajstić information content (AvgIpc) is 2.41. The summed E-state index contributed by atoms with van der Waals surface area (Å²) >= 11 is 6.04. The number of nitrogens with one attached hydrogen (secondary N) is 1. The van der Waals surface area contributed by atoms with Crippen LogP contribution in [0.25, 0.3) is 0 Å². The Hall–Kier alpha value is -1.49. The minimum absolute atomic E-state index is 0.301. The van der Waals surface area contributed by atoms with Crippen LogP contribution in [0, 0.1) is 11.6 Å². The van der Waals surface area contributed by atoms with Gasteiger partial charge in [-0.1, -0.05) is 23.7 Å². The van der Waals surface area contributed by atoms with Gasteiger partial charge in [-0.3, -0.25) is 11.3 Å². The monoisotopic (exact) mass is 282 g/mol. The van der Waals surface area contributed by atoms with E-state index in [1.54, 1.807) is 12.1 Å². The van der Waals surface area contributed by atoms with Gasteiger partial charge in [0.05, 0.1) is 6.04 Å². The van der Waals surface area contributed by atoms with Gasteiger partial charge in [0.25, 0.3) is 0 Å². The second-order valence-electron chi connectivity index (χ2n) is 4.22. The molecule has 2 aromatic rings. The Kier molecular flexibility index (Phi) is 4.47. The van der Waals surface area contributed by atoms with Crippen molar-refractivity contribution < 1.29 is 8.78 Å². The van der Waals surface area contributed by atoms with E-state index in [0.29, 0.717) is 17.0 Å². The van der Waals surface area contributed by atoms with E-state index in [9.17, 15) is 8.78 Å². The third-order valence-corrected chi connectivity index (χ3v) is 3.23. The molecule has 1 unspecified atom stereocenters. The van der Waals surface area contributed by atoms with Gasteiger partial charge in [-0.15, -0.1) is 0 Å². The lowest BCUT2D eigenvalue weighted by molar-refractivity contribution is 0.543. The first-order chi connectivity index (χ1) is 9.10. The summed E-state index contributed by atoms with van der Waals surface area (Å²) in [7, 11) is 0. The van der Waals surface area contributed by atoms with Crippen LogP contribution >= 0.6 is 11.6 Å². The SMILES string of the molecule is NNC(Cc1ccc(F)cc1)c1cc(F)ccc1Cl. The molecular weight excluding hydrogens is 270 g/mol. The summed E-state index contributed by atoms with van der Waals surface area (Å²) in [6, 6.07) is 9.84. The van der Waals surface area contributed by atoms with E-state index in [1.165, 1.54) is 30.3 Å². The Balaban J connectivity index is 2.24. The Morgan fingerprint density at radius 1 is 1.05 bits per heavy atom. The molecule has 0 amide bonds. The fraction of sp³-hybridized carbons (Fsp3) is 0.143. The fourth-order valence-electron chi connectivity index (χ4n) is 1.90. The van der Waals surface area contributed by atoms with Crippen LogP contribution in [0.4, 0.5) is 8.78 Å². The molecule has 2 rings (SSSR count). The molecule has 1 atom stereocenters. The normalized spacial score (nSPS) is 12.4. The summed E-state index contributed by atoms with van der Waals surface area (Å²) in [5.74, 6) is 4.82. The van der Waals surface area contributed by atoms with Gasteiger partial charge in [0, 0.05) is 5.02 Å². The third-order valence-electron chi connectivity index (χ3n) is 2.89. The topological polar surface area (TPSA) is 38.0 Å². The van der Waals surface area contributed by atoms with Crippen molar-refractivity contribution in [2.45, 2.75) is 12.5 Å². The lowest BCUT2D eigenvalue weighted by atomic mass is 9.99. The largest absolute Gasteiger partial charge is 0.271 e. The lowest BCUT2D eigenvalue weighted by Crippen LogP contribution is -2.29. The molecule has 0 aromatic heterocycles. The van der Waals surface area contributed by atoms with Crippen molar-refractivity contribution >= 4 is 11.6 Å². The molecule has 0 aliphatic carbocycles. The quantitative estimate of drug-likeness (QED) is 0.666. The van der Waals surface area contributed by atoms with Gasteiger partial charge in [-0.05, 0) is 47.9 Å². The molecule has 0 radical (unpaired) electrons. The smallest absolute Gasteiger partial charge is 0.123 e. The molecule has 5 heteroatoms. The van der Waals surface area contributed by atoms with Gasteiger partial charge in [-0.2, -0.15) is 0 Å². The van der Waals surface area contributed by atoms with E-state index in [4.69, 9.17) is 17.4 Å². The van der Waals surface area contributed by atoms with Gasteiger partial charge < -0.3 is 0 Å². The van der Waals surface area contributed by atoms with Crippen LogP contribution in [-0.2, 0) is 6.42 Å². The van der Waals surface area contributed by atoms with E-state index in [2.05, 4.69) is 5.43 Å². The number of hydrogen-bond donors (Lipinski definition) is 2. The Bertz CT molecular complexity index is 558. The zero-order chi connectivity index (χ0) is 13.8. The van der Waals surface area contributed by atoms with Crippen molar-refractivity contribution in [1.29, 1.82) is 0 Å². The summed E-state index contributed by atoms with van der Waals surface area (Å²) in [6.45, 7) is 0. The standard InChI is InChI=1S/C14H13ClF2N2/c15-13-6-5-11(17)8-12(13)14(19-18)7-9-1-3-10(16)4-2-9/h1-6,8,14,19H,7,18H2. The molecule has 3 N–H and O–H groups in total. The van der Waals surface area contributed by atoms with E-state index >= 15 is 0 Å². The molecule has 0 saturated heterocycles. The molecule has 0 fully saturated rings. The first-order valence-electron chi connectivity index (χ1n) is 5.75. The maximum atomic E-state index is 13.3. The summed E-state index contributed by atoms with van der Waals surface area (Å²) in [6.07, 6.45) is 0.486. The summed E-state index contributed by atoms with van der Waals surface area (Å²) in [5, 5.41) is 0.437. The highest BCUT2D eigenvalue weighted by Crippen LogP contribution is 2.26. The first kappa shape index (κ1) is 13.9. The van der Waals surface area contributed by atoms with Crippen molar-refractivity contribution in [3.8, 4) is 0 Å². The summed E-state index contributed by atoms with van der Waals surface area (Å²) in [4.78, 5) is 0. The Morgan fingerprint density at radius 2 is 1.68 bits per heavy atom. The lowest BCUT2D eigenvalue weighted by Gasteiger charge is -2.18. The number of halogens is 3. The first-order valence-corrected chi connectivity index (χ1v) is 6.13. The van der Waals surface area contributed by atoms with Crippen LogP contribution in [0.3, 0.4) is 0 Å². The predicted molar refractivity (Wildman–Crippen MR) is 71.6 cm³/mol. The van der Waals surface area contributed by atoms with Gasteiger partial charge in [0.15, 0.2) is 0 Å². The zero-order valence-electron chi connectivity index (χ0n) is 10.0. The summed E-state index contributed by atoms with van der Waals surface area (Å²) < 4.78 is 26.1. The van der Waals surface area contributed by atoms with Crippen LogP contribution in [0.15, 0.2) is 42.5 Å². The van der Waals surface area contributed by atoms with E-state index in [0.717, 1.165) is 5.56 Å². The molecule has 100 valence electrons. The van der Waals surface area contributed by atoms with Gasteiger partial charge in [0.1, 0.15) is 11.6 Å². The van der Waals surface area contributed by atoms with Crippen molar-refractivity contribution in [3.05, 3.63) is 70.2 Å². The highest BCUT2D eigenvalue weighted by Gasteiger charge is 2.15. The minimum atomic E-state index is -0.376. The molecule has 0 heterocycles. The molecule has 2 nitrogen and oxygen atoms in total.